The topological polar surface area (TPSA) is 70.7 Å². The molecule has 0 aromatic rings. The summed E-state index contributed by atoms with van der Waals surface area (Å²) in [6.45, 7) is 4.41. The second-order valence-corrected chi connectivity index (χ2v) is 6.92. The van der Waals surface area contributed by atoms with Crippen LogP contribution in [-0.4, -0.2) is 55.2 Å². The fraction of sp³-hybridized carbons (Fsp3) is 0.889. The fourth-order valence-electron chi connectivity index (χ4n) is 3.59. The molecule has 6 nitrogen and oxygen atoms in total. The molecule has 2 N–H and O–H groups in total. The molecule has 1 aliphatic carbocycles. The van der Waals surface area contributed by atoms with Gasteiger partial charge in [0.15, 0.2) is 0 Å². The van der Waals surface area contributed by atoms with Crippen molar-refractivity contribution in [1.82, 2.24) is 15.5 Å². The van der Waals surface area contributed by atoms with Crippen LogP contribution in [0.5, 0.6) is 0 Å². The zero-order chi connectivity index (χ0) is 17.2. The standard InChI is InChI=1S/C18H33N3O3/c1-2-24-18(23)21-13-10-15(11-14-21)19-12-9-17(22)20-16-7-5-3-4-6-8-16/h15-16,19H,2-14H2,1H3,(H,20,22). The van der Waals surface area contributed by atoms with Gasteiger partial charge in [-0.1, -0.05) is 25.7 Å². The van der Waals surface area contributed by atoms with Gasteiger partial charge in [0.2, 0.25) is 5.91 Å². The molecule has 2 rings (SSSR count). The van der Waals surface area contributed by atoms with Gasteiger partial charge in [0.1, 0.15) is 0 Å². The van der Waals surface area contributed by atoms with Crippen molar-refractivity contribution in [2.75, 3.05) is 26.2 Å². The predicted octanol–water partition coefficient (Wildman–Crippen LogP) is 2.43. The molecule has 0 spiro atoms. The van der Waals surface area contributed by atoms with Gasteiger partial charge < -0.3 is 20.3 Å². The summed E-state index contributed by atoms with van der Waals surface area (Å²) in [5.41, 5.74) is 0. The summed E-state index contributed by atoms with van der Waals surface area (Å²) < 4.78 is 5.02. The lowest BCUT2D eigenvalue weighted by atomic mass is 10.1. The maximum Gasteiger partial charge on any atom is 0.409 e. The van der Waals surface area contributed by atoms with Crippen LogP contribution in [0.2, 0.25) is 0 Å². The molecule has 1 heterocycles. The predicted molar refractivity (Wildman–Crippen MR) is 93.9 cm³/mol. The average Bonchev–Trinajstić information content (AvgIpc) is 2.84. The van der Waals surface area contributed by atoms with Crippen molar-refractivity contribution in [3.63, 3.8) is 0 Å². The van der Waals surface area contributed by atoms with E-state index in [1.54, 1.807) is 4.90 Å². The van der Waals surface area contributed by atoms with Crippen molar-refractivity contribution in [1.29, 1.82) is 0 Å². The van der Waals surface area contributed by atoms with Gasteiger partial charge in [-0.15, -0.1) is 0 Å². The Balaban J connectivity index is 1.56. The second kappa shape index (κ2) is 10.5. The number of likely N-dealkylation sites (tertiary alicyclic amines) is 1. The van der Waals surface area contributed by atoms with Crippen LogP contribution in [0.25, 0.3) is 0 Å². The third-order valence-corrected chi connectivity index (χ3v) is 5.03. The number of nitrogens with zero attached hydrogens (tertiary/aromatic N) is 1. The van der Waals surface area contributed by atoms with Crippen molar-refractivity contribution in [3.8, 4) is 0 Å². The lowest BCUT2D eigenvalue weighted by Gasteiger charge is -2.31. The van der Waals surface area contributed by atoms with Crippen LogP contribution < -0.4 is 10.6 Å². The molecule has 2 amide bonds. The van der Waals surface area contributed by atoms with Crippen LogP contribution in [0.3, 0.4) is 0 Å². The minimum absolute atomic E-state index is 0.165. The lowest BCUT2D eigenvalue weighted by molar-refractivity contribution is -0.121. The fourth-order valence-corrected chi connectivity index (χ4v) is 3.59. The van der Waals surface area contributed by atoms with Crippen molar-refractivity contribution >= 4 is 12.0 Å². The normalized spacial score (nSPS) is 20.5. The maximum absolute atomic E-state index is 12.1. The van der Waals surface area contributed by atoms with Crippen LogP contribution in [0.4, 0.5) is 4.79 Å². The first kappa shape index (κ1) is 19.0. The van der Waals surface area contributed by atoms with E-state index in [0.29, 0.717) is 31.7 Å². The first-order chi connectivity index (χ1) is 11.7. The molecule has 0 aromatic carbocycles. The summed E-state index contributed by atoms with van der Waals surface area (Å²) in [6, 6.07) is 0.772. The monoisotopic (exact) mass is 339 g/mol. The molecule has 2 fully saturated rings. The highest BCUT2D eigenvalue weighted by atomic mass is 16.6. The van der Waals surface area contributed by atoms with Crippen LogP contribution in [0.1, 0.15) is 64.7 Å². The van der Waals surface area contributed by atoms with Gasteiger partial charge in [0.25, 0.3) is 0 Å². The van der Waals surface area contributed by atoms with Gasteiger partial charge in [-0.25, -0.2) is 4.79 Å². The molecular weight excluding hydrogens is 306 g/mol. The highest BCUT2D eigenvalue weighted by Gasteiger charge is 2.23. The average molecular weight is 339 g/mol. The number of carbonyl (C=O) groups excluding carboxylic acids is 2. The van der Waals surface area contributed by atoms with Gasteiger partial charge in [-0.05, 0) is 32.6 Å². The number of hydrogen-bond acceptors (Lipinski definition) is 4. The zero-order valence-corrected chi connectivity index (χ0v) is 15.0. The number of amides is 2. The van der Waals surface area contributed by atoms with Gasteiger partial charge in [0.05, 0.1) is 6.61 Å². The first-order valence-electron chi connectivity index (χ1n) is 9.63. The second-order valence-electron chi connectivity index (χ2n) is 6.92. The van der Waals surface area contributed by atoms with Gasteiger partial charge in [-0.3, -0.25) is 4.79 Å². The largest absolute Gasteiger partial charge is 0.450 e. The van der Waals surface area contributed by atoms with E-state index in [9.17, 15) is 9.59 Å². The summed E-state index contributed by atoms with van der Waals surface area (Å²) in [5.74, 6) is 0.165. The van der Waals surface area contributed by atoms with E-state index in [1.807, 2.05) is 6.92 Å². The van der Waals surface area contributed by atoms with Crippen molar-refractivity contribution in [2.24, 2.45) is 0 Å². The van der Waals surface area contributed by atoms with E-state index < -0.39 is 0 Å². The first-order valence-corrected chi connectivity index (χ1v) is 9.63. The number of piperidine rings is 1. The highest BCUT2D eigenvalue weighted by molar-refractivity contribution is 5.76. The maximum atomic E-state index is 12.1. The van der Waals surface area contributed by atoms with Crippen LogP contribution in [0, 0.1) is 0 Å². The van der Waals surface area contributed by atoms with E-state index in [0.717, 1.165) is 38.8 Å². The molecule has 1 saturated heterocycles. The zero-order valence-electron chi connectivity index (χ0n) is 15.0. The molecule has 1 aliphatic heterocycles. The summed E-state index contributed by atoms with van der Waals surface area (Å²) in [5, 5.41) is 6.64. The number of rotatable bonds is 6. The molecule has 0 bridgehead atoms. The smallest absolute Gasteiger partial charge is 0.409 e. The molecule has 0 aromatic heterocycles. The van der Waals surface area contributed by atoms with Crippen molar-refractivity contribution in [3.05, 3.63) is 0 Å². The Hall–Kier alpha value is -1.30. The minimum atomic E-state index is -0.210. The Morgan fingerprint density at radius 3 is 2.29 bits per heavy atom. The summed E-state index contributed by atoms with van der Waals surface area (Å²) in [7, 11) is 0. The Bertz CT molecular complexity index is 387. The number of carbonyl (C=O) groups is 2. The van der Waals surface area contributed by atoms with E-state index in [1.165, 1.54) is 25.7 Å². The quantitative estimate of drug-likeness (QED) is 0.729. The molecule has 1 saturated carbocycles. The highest BCUT2D eigenvalue weighted by Crippen LogP contribution is 2.17. The van der Waals surface area contributed by atoms with E-state index in [2.05, 4.69) is 10.6 Å². The molecule has 2 aliphatic rings. The van der Waals surface area contributed by atoms with Crippen LogP contribution >= 0.6 is 0 Å². The third kappa shape index (κ3) is 6.67. The summed E-state index contributed by atoms with van der Waals surface area (Å²) in [6.07, 6.45) is 9.51. The number of ether oxygens (including phenoxy) is 1. The van der Waals surface area contributed by atoms with Gasteiger partial charge in [0, 0.05) is 38.1 Å². The number of hydrogen-bond donors (Lipinski definition) is 2. The van der Waals surface area contributed by atoms with E-state index in [-0.39, 0.29) is 12.0 Å². The summed E-state index contributed by atoms with van der Waals surface area (Å²) in [4.78, 5) is 25.5. The molecule has 0 radical (unpaired) electrons. The van der Waals surface area contributed by atoms with Crippen molar-refractivity contribution < 1.29 is 14.3 Å². The Labute approximate surface area is 145 Å². The summed E-state index contributed by atoms with van der Waals surface area (Å²) >= 11 is 0. The Morgan fingerprint density at radius 2 is 1.67 bits per heavy atom. The minimum Gasteiger partial charge on any atom is -0.450 e. The van der Waals surface area contributed by atoms with Crippen LogP contribution in [0.15, 0.2) is 0 Å². The molecule has 0 unspecified atom stereocenters. The third-order valence-electron chi connectivity index (χ3n) is 5.03. The lowest BCUT2D eigenvalue weighted by Crippen LogP contribution is -2.46. The van der Waals surface area contributed by atoms with Crippen molar-refractivity contribution in [2.45, 2.75) is 76.8 Å². The molecule has 0 atom stereocenters. The molecule has 138 valence electrons. The Morgan fingerprint density at radius 1 is 1.00 bits per heavy atom. The number of nitrogens with one attached hydrogen (secondary N) is 2. The SMILES string of the molecule is CCOC(=O)N1CCC(NCCC(=O)NC2CCCCCC2)CC1. The Kier molecular flexibility index (Phi) is 8.36. The van der Waals surface area contributed by atoms with E-state index in [4.69, 9.17) is 4.74 Å². The van der Waals surface area contributed by atoms with E-state index >= 15 is 0 Å². The van der Waals surface area contributed by atoms with Gasteiger partial charge in [-0.2, -0.15) is 0 Å². The molecule has 24 heavy (non-hydrogen) atoms. The molecular formula is C18H33N3O3. The van der Waals surface area contributed by atoms with Gasteiger partial charge >= 0.3 is 6.09 Å². The molecule has 6 heteroatoms. The van der Waals surface area contributed by atoms with Crippen LogP contribution in [-0.2, 0) is 9.53 Å².